The highest BCUT2D eigenvalue weighted by Crippen LogP contribution is 2.28. The van der Waals surface area contributed by atoms with Gasteiger partial charge in [-0.05, 0) is 18.2 Å². The highest BCUT2D eigenvalue weighted by atomic mass is 19.4. The number of nitrogens with zero attached hydrogens (tertiary/aromatic N) is 1. The molecular formula is C12H10F3N3O3. The van der Waals surface area contributed by atoms with Crippen molar-refractivity contribution in [3.63, 3.8) is 0 Å². The number of esters is 1. The van der Waals surface area contributed by atoms with E-state index in [-0.39, 0.29) is 23.1 Å². The summed E-state index contributed by atoms with van der Waals surface area (Å²) in [5, 5.41) is 2.28. The largest absolute Gasteiger partial charge is 0.468 e. The number of aromatic amines is 1. The van der Waals surface area contributed by atoms with E-state index in [0.717, 1.165) is 0 Å². The van der Waals surface area contributed by atoms with Gasteiger partial charge in [0.25, 0.3) is 5.91 Å². The number of aromatic nitrogens is 2. The number of imidazole rings is 1. The second-order valence-electron chi connectivity index (χ2n) is 4.07. The fourth-order valence-electron chi connectivity index (χ4n) is 1.61. The minimum absolute atomic E-state index is 0.0769. The maximum Gasteiger partial charge on any atom is 0.449 e. The summed E-state index contributed by atoms with van der Waals surface area (Å²) in [6.07, 6.45) is -4.59. The van der Waals surface area contributed by atoms with Crippen molar-refractivity contribution >= 4 is 22.9 Å². The van der Waals surface area contributed by atoms with Crippen LogP contribution >= 0.6 is 0 Å². The summed E-state index contributed by atoms with van der Waals surface area (Å²) < 4.78 is 41.9. The van der Waals surface area contributed by atoms with Crippen LogP contribution in [-0.4, -0.2) is 35.5 Å². The minimum Gasteiger partial charge on any atom is -0.468 e. The van der Waals surface area contributed by atoms with Gasteiger partial charge in [-0.3, -0.25) is 9.59 Å². The smallest absolute Gasteiger partial charge is 0.449 e. The summed E-state index contributed by atoms with van der Waals surface area (Å²) in [5.41, 5.74) is 0.267. The Morgan fingerprint density at radius 1 is 1.38 bits per heavy atom. The van der Waals surface area contributed by atoms with Crippen LogP contribution in [0, 0.1) is 0 Å². The fourth-order valence-corrected chi connectivity index (χ4v) is 1.61. The lowest BCUT2D eigenvalue weighted by Gasteiger charge is -2.03. The van der Waals surface area contributed by atoms with Crippen molar-refractivity contribution in [1.82, 2.24) is 15.3 Å². The molecule has 0 spiro atoms. The maximum atomic E-state index is 12.5. The predicted molar refractivity (Wildman–Crippen MR) is 65.4 cm³/mol. The van der Waals surface area contributed by atoms with Crippen LogP contribution in [0.3, 0.4) is 0 Å². The van der Waals surface area contributed by atoms with Crippen molar-refractivity contribution in [2.45, 2.75) is 6.18 Å². The van der Waals surface area contributed by atoms with Crippen molar-refractivity contribution in [1.29, 1.82) is 0 Å². The van der Waals surface area contributed by atoms with Crippen LogP contribution in [0.15, 0.2) is 18.2 Å². The summed E-state index contributed by atoms with van der Waals surface area (Å²) in [6.45, 7) is -0.329. The van der Waals surface area contributed by atoms with Crippen molar-refractivity contribution in [2.24, 2.45) is 0 Å². The molecular weight excluding hydrogens is 291 g/mol. The monoisotopic (exact) mass is 301 g/mol. The van der Waals surface area contributed by atoms with E-state index in [2.05, 4.69) is 20.0 Å². The zero-order valence-electron chi connectivity index (χ0n) is 10.7. The lowest BCUT2D eigenvalue weighted by Crippen LogP contribution is -2.30. The number of rotatable bonds is 3. The van der Waals surface area contributed by atoms with E-state index in [4.69, 9.17) is 0 Å². The molecule has 1 aromatic heterocycles. The quantitative estimate of drug-likeness (QED) is 0.841. The Morgan fingerprint density at radius 2 is 2.10 bits per heavy atom. The van der Waals surface area contributed by atoms with E-state index < -0.39 is 23.9 Å². The first-order valence-electron chi connectivity index (χ1n) is 5.73. The SMILES string of the molecule is COC(=O)CNC(=O)c1ccc2nc(C(F)(F)F)[nH]c2c1. The Bertz CT molecular complexity index is 694. The number of fused-ring (bicyclic) bond motifs is 1. The lowest BCUT2D eigenvalue weighted by molar-refractivity contribution is -0.144. The summed E-state index contributed by atoms with van der Waals surface area (Å²) in [6, 6.07) is 3.83. The van der Waals surface area contributed by atoms with Gasteiger partial charge in [-0.2, -0.15) is 13.2 Å². The summed E-state index contributed by atoms with van der Waals surface area (Å²) in [5.74, 6) is -2.37. The molecule has 1 aromatic carbocycles. The number of alkyl halides is 3. The normalized spacial score (nSPS) is 11.4. The van der Waals surface area contributed by atoms with Crippen LogP contribution in [0.25, 0.3) is 11.0 Å². The lowest BCUT2D eigenvalue weighted by atomic mass is 10.2. The van der Waals surface area contributed by atoms with Gasteiger partial charge in [0, 0.05) is 5.56 Å². The number of ether oxygens (including phenoxy) is 1. The Hall–Kier alpha value is -2.58. The molecule has 0 saturated carbocycles. The molecule has 112 valence electrons. The highest BCUT2D eigenvalue weighted by molar-refractivity contribution is 5.98. The standard InChI is InChI=1S/C12H10F3N3O3/c1-21-9(19)5-16-10(20)6-2-3-7-8(4-6)18-11(17-7)12(13,14)15/h2-4H,5H2,1H3,(H,16,20)(H,17,18). The fraction of sp³-hybridized carbons (Fsp3) is 0.250. The number of methoxy groups -OCH3 is 1. The van der Waals surface area contributed by atoms with E-state index in [1.807, 2.05) is 0 Å². The van der Waals surface area contributed by atoms with Crippen LogP contribution in [0.1, 0.15) is 16.2 Å². The van der Waals surface area contributed by atoms with E-state index in [1.54, 1.807) is 0 Å². The number of carbonyl (C=O) groups excluding carboxylic acids is 2. The summed E-state index contributed by atoms with van der Waals surface area (Å²) >= 11 is 0. The molecule has 0 saturated heterocycles. The molecule has 6 nitrogen and oxygen atoms in total. The second-order valence-corrected chi connectivity index (χ2v) is 4.07. The zero-order chi connectivity index (χ0) is 15.6. The van der Waals surface area contributed by atoms with E-state index >= 15 is 0 Å². The average Bonchev–Trinajstić information content (AvgIpc) is 2.87. The Kier molecular flexibility index (Phi) is 3.83. The third-order valence-corrected chi connectivity index (χ3v) is 2.63. The van der Waals surface area contributed by atoms with Crippen molar-refractivity contribution in [2.75, 3.05) is 13.7 Å². The topological polar surface area (TPSA) is 84.1 Å². The molecule has 2 aromatic rings. The first kappa shape index (κ1) is 14.8. The molecule has 0 aliphatic carbocycles. The average molecular weight is 301 g/mol. The summed E-state index contributed by atoms with van der Waals surface area (Å²) in [4.78, 5) is 28.1. The Morgan fingerprint density at radius 3 is 2.71 bits per heavy atom. The number of hydrogen-bond donors (Lipinski definition) is 2. The first-order valence-corrected chi connectivity index (χ1v) is 5.73. The van der Waals surface area contributed by atoms with Crippen molar-refractivity contribution in [3.05, 3.63) is 29.6 Å². The highest BCUT2D eigenvalue weighted by Gasteiger charge is 2.34. The molecule has 0 fully saturated rings. The maximum absolute atomic E-state index is 12.5. The number of halogens is 3. The first-order chi connectivity index (χ1) is 9.81. The van der Waals surface area contributed by atoms with Gasteiger partial charge >= 0.3 is 12.1 Å². The van der Waals surface area contributed by atoms with Gasteiger partial charge in [0.15, 0.2) is 0 Å². The molecule has 1 amide bonds. The predicted octanol–water partition coefficient (Wildman–Crippen LogP) is 1.48. The van der Waals surface area contributed by atoms with Crippen LogP contribution in [-0.2, 0) is 15.7 Å². The Balaban J connectivity index is 2.22. The van der Waals surface area contributed by atoms with E-state index in [0.29, 0.717) is 0 Å². The van der Waals surface area contributed by atoms with Crippen LogP contribution < -0.4 is 5.32 Å². The van der Waals surface area contributed by atoms with Gasteiger partial charge in [-0.15, -0.1) is 0 Å². The third-order valence-electron chi connectivity index (χ3n) is 2.63. The molecule has 0 aliphatic rings. The second kappa shape index (κ2) is 5.43. The van der Waals surface area contributed by atoms with Crippen LogP contribution in [0.2, 0.25) is 0 Å². The number of hydrogen-bond acceptors (Lipinski definition) is 4. The van der Waals surface area contributed by atoms with Gasteiger partial charge < -0.3 is 15.0 Å². The van der Waals surface area contributed by atoms with Gasteiger partial charge in [0.05, 0.1) is 18.1 Å². The van der Waals surface area contributed by atoms with Gasteiger partial charge in [-0.1, -0.05) is 0 Å². The Labute approximate surface area is 116 Å². The number of H-pyrrole nitrogens is 1. The van der Waals surface area contributed by atoms with Crippen molar-refractivity contribution in [3.8, 4) is 0 Å². The summed E-state index contributed by atoms with van der Waals surface area (Å²) in [7, 11) is 1.17. The molecule has 0 atom stereocenters. The molecule has 2 rings (SSSR count). The molecule has 1 heterocycles. The minimum atomic E-state index is -4.59. The van der Waals surface area contributed by atoms with Crippen molar-refractivity contribution < 1.29 is 27.5 Å². The number of carbonyl (C=O) groups is 2. The molecule has 0 radical (unpaired) electrons. The molecule has 2 N–H and O–H groups in total. The number of amides is 1. The van der Waals surface area contributed by atoms with Gasteiger partial charge in [0.2, 0.25) is 5.82 Å². The third kappa shape index (κ3) is 3.30. The number of benzene rings is 1. The molecule has 0 aliphatic heterocycles. The molecule has 0 unspecified atom stereocenters. The van der Waals surface area contributed by atoms with E-state index in [1.165, 1.54) is 25.3 Å². The van der Waals surface area contributed by atoms with E-state index in [9.17, 15) is 22.8 Å². The van der Waals surface area contributed by atoms with Crippen LogP contribution in [0.4, 0.5) is 13.2 Å². The van der Waals surface area contributed by atoms with Gasteiger partial charge in [0.1, 0.15) is 6.54 Å². The molecule has 9 heteroatoms. The van der Waals surface area contributed by atoms with Gasteiger partial charge in [-0.25, -0.2) is 4.98 Å². The molecule has 21 heavy (non-hydrogen) atoms. The molecule has 0 bridgehead atoms. The van der Waals surface area contributed by atoms with Crippen LogP contribution in [0.5, 0.6) is 0 Å². The number of nitrogens with one attached hydrogen (secondary N) is 2. The zero-order valence-corrected chi connectivity index (χ0v) is 10.7.